The summed E-state index contributed by atoms with van der Waals surface area (Å²) in [6.45, 7) is -0.126. The van der Waals surface area contributed by atoms with Crippen LogP contribution in [-0.4, -0.2) is 32.3 Å². The Balaban J connectivity index is 1.56. The summed E-state index contributed by atoms with van der Waals surface area (Å²) in [6.07, 6.45) is 1.51. The van der Waals surface area contributed by atoms with Crippen molar-refractivity contribution in [2.45, 2.75) is 6.54 Å². The zero-order chi connectivity index (χ0) is 17.5. The summed E-state index contributed by atoms with van der Waals surface area (Å²) in [6, 6.07) is 16.8. The molecule has 9 heteroatoms. The average molecular weight is 337 g/mol. The fourth-order valence-electron chi connectivity index (χ4n) is 1.95. The van der Waals surface area contributed by atoms with Crippen LogP contribution < -0.4 is 15.9 Å². The molecule has 0 unspecified atom stereocenters. The first-order chi connectivity index (χ1) is 12.2. The highest BCUT2D eigenvalue weighted by Crippen LogP contribution is 2.21. The molecule has 1 aromatic heterocycles. The van der Waals surface area contributed by atoms with Gasteiger partial charge in [0, 0.05) is 0 Å². The van der Waals surface area contributed by atoms with Crippen LogP contribution in [0.1, 0.15) is 5.56 Å². The van der Waals surface area contributed by atoms with E-state index in [1.807, 2.05) is 54.6 Å². The molecule has 0 spiro atoms. The van der Waals surface area contributed by atoms with Crippen molar-refractivity contribution in [3.8, 4) is 11.5 Å². The molecule has 1 heterocycles. The number of nitrogens with one attached hydrogen (secondary N) is 1. The summed E-state index contributed by atoms with van der Waals surface area (Å²) in [4.78, 5) is 12.8. The fraction of sp³-hybridized carbons (Fsp3) is 0.0625. The Labute approximate surface area is 143 Å². The van der Waals surface area contributed by atoms with Crippen molar-refractivity contribution in [2.75, 3.05) is 5.73 Å². The van der Waals surface area contributed by atoms with Gasteiger partial charge in [0.1, 0.15) is 18.0 Å². The minimum absolute atomic E-state index is 0.00605. The van der Waals surface area contributed by atoms with E-state index in [9.17, 15) is 4.79 Å². The standard InChI is InChI=1S/C16H15N7O2/c17-16-20-22-23(21-16)11-15(24)19-18-10-12-5-4-8-14(9-12)25-13-6-2-1-3-7-13/h1-10H,11H2,(H2,17,21)(H,19,24). The molecule has 0 aliphatic heterocycles. The second-order valence-electron chi connectivity index (χ2n) is 4.96. The second kappa shape index (κ2) is 7.68. The first-order valence-electron chi connectivity index (χ1n) is 7.37. The predicted molar refractivity (Wildman–Crippen MR) is 90.9 cm³/mol. The highest BCUT2D eigenvalue weighted by Gasteiger charge is 2.04. The number of hydrogen-bond acceptors (Lipinski definition) is 7. The number of tetrazole rings is 1. The van der Waals surface area contributed by atoms with Gasteiger partial charge in [-0.1, -0.05) is 35.4 Å². The van der Waals surface area contributed by atoms with E-state index in [4.69, 9.17) is 10.5 Å². The highest BCUT2D eigenvalue weighted by atomic mass is 16.5. The van der Waals surface area contributed by atoms with Gasteiger partial charge in [-0.05, 0) is 35.0 Å². The molecule has 0 bridgehead atoms. The molecule has 2 aromatic carbocycles. The zero-order valence-electron chi connectivity index (χ0n) is 13.1. The van der Waals surface area contributed by atoms with Crippen LogP contribution in [0, 0.1) is 0 Å². The lowest BCUT2D eigenvalue weighted by molar-refractivity contribution is -0.122. The smallest absolute Gasteiger partial charge is 0.263 e. The maximum absolute atomic E-state index is 11.7. The fourth-order valence-corrected chi connectivity index (χ4v) is 1.95. The van der Waals surface area contributed by atoms with Crippen LogP contribution in [0.5, 0.6) is 11.5 Å². The number of ether oxygens (including phenoxy) is 1. The van der Waals surface area contributed by atoms with Gasteiger partial charge in [-0.2, -0.15) is 9.90 Å². The SMILES string of the molecule is Nc1nnn(CC(=O)NN=Cc2cccc(Oc3ccccc3)c2)n1. The van der Waals surface area contributed by atoms with Crippen molar-refractivity contribution in [3.63, 3.8) is 0 Å². The Morgan fingerprint density at radius 2 is 2.00 bits per heavy atom. The molecule has 0 atom stereocenters. The van der Waals surface area contributed by atoms with Crippen LogP contribution in [-0.2, 0) is 11.3 Å². The number of rotatable bonds is 6. The molecule has 3 rings (SSSR count). The summed E-state index contributed by atoms with van der Waals surface area (Å²) < 4.78 is 5.74. The van der Waals surface area contributed by atoms with Crippen LogP contribution in [0.3, 0.4) is 0 Å². The quantitative estimate of drug-likeness (QED) is 0.515. The predicted octanol–water partition coefficient (Wildman–Crippen LogP) is 1.20. The molecular formula is C16H15N7O2. The number of nitrogens with zero attached hydrogens (tertiary/aromatic N) is 5. The molecule has 0 saturated heterocycles. The molecule has 9 nitrogen and oxygen atoms in total. The Morgan fingerprint density at radius 3 is 2.76 bits per heavy atom. The van der Waals surface area contributed by atoms with Crippen molar-refractivity contribution in [1.82, 2.24) is 25.6 Å². The van der Waals surface area contributed by atoms with E-state index in [-0.39, 0.29) is 12.5 Å². The normalized spacial score (nSPS) is 10.7. The van der Waals surface area contributed by atoms with Crippen molar-refractivity contribution in [3.05, 3.63) is 60.2 Å². The number of para-hydroxylation sites is 1. The number of hydrogen-bond donors (Lipinski definition) is 2. The first kappa shape index (κ1) is 16.1. The molecule has 25 heavy (non-hydrogen) atoms. The van der Waals surface area contributed by atoms with E-state index < -0.39 is 5.91 Å². The molecule has 0 aliphatic rings. The molecule has 0 fully saturated rings. The second-order valence-corrected chi connectivity index (χ2v) is 4.96. The first-order valence-corrected chi connectivity index (χ1v) is 7.37. The number of amides is 1. The van der Waals surface area contributed by atoms with Gasteiger partial charge in [-0.3, -0.25) is 4.79 Å². The molecule has 0 aliphatic carbocycles. The van der Waals surface area contributed by atoms with Gasteiger partial charge in [0.05, 0.1) is 6.21 Å². The lowest BCUT2D eigenvalue weighted by Gasteiger charge is -2.05. The lowest BCUT2D eigenvalue weighted by atomic mass is 10.2. The third-order valence-electron chi connectivity index (χ3n) is 2.99. The summed E-state index contributed by atoms with van der Waals surface area (Å²) in [7, 11) is 0. The molecule has 3 aromatic rings. The Morgan fingerprint density at radius 1 is 1.20 bits per heavy atom. The van der Waals surface area contributed by atoms with E-state index in [2.05, 4.69) is 25.9 Å². The van der Waals surface area contributed by atoms with E-state index in [1.165, 1.54) is 6.21 Å². The molecule has 3 N–H and O–H groups in total. The highest BCUT2D eigenvalue weighted by molar-refractivity contribution is 5.82. The number of nitrogen functional groups attached to an aromatic ring is 1. The third-order valence-corrected chi connectivity index (χ3v) is 2.99. The van der Waals surface area contributed by atoms with Crippen molar-refractivity contribution in [2.24, 2.45) is 5.10 Å². The largest absolute Gasteiger partial charge is 0.457 e. The van der Waals surface area contributed by atoms with Gasteiger partial charge in [-0.25, -0.2) is 5.43 Å². The molecule has 126 valence electrons. The number of aromatic nitrogens is 4. The summed E-state index contributed by atoms with van der Waals surface area (Å²) in [5.41, 5.74) is 8.47. The average Bonchev–Trinajstić information content (AvgIpc) is 3.01. The van der Waals surface area contributed by atoms with Gasteiger partial charge in [0.2, 0.25) is 0 Å². The number of nitrogens with two attached hydrogens (primary N) is 1. The number of hydrazone groups is 1. The topological polar surface area (TPSA) is 120 Å². The molecule has 0 saturated carbocycles. The van der Waals surface area contributed by atoms with Gasteiger partial charge >= 0.3 is 0 Å². The van der Waals surface area contributed by atoms with Crippen LogP contribution in [0.4, 0.5) is 5.95 Å². The summed E-state index contributed by atoms with van der Waals surface area (Å²) in [5.74, 6) is 1.02. The molecule has 0 radical (unpaired) electrons. The number of carbonyl (C=O) groups is 1. The minimum atomic E-state index is -0.398. The lowest BCUT2D eigenvalue weighted by Crippen LogP contribution is -2.24. The van der Waals surface area contributed by atoms with E-state index in [0.29, 0.717) is 5.75 Å². The van der Waals surface area contributed by atoms with Crippen molar-refractivity contribution >= 4 is 18.1 Å². The van der Waals surface area contributed by atoms with Gasteiger partial charge in [-0.15, -0.1) is 5.10 Å². The van der Waals surface area contributed by atoms with E-state index in [0.717, 1.165) is 16.1 Å². The summed E-state index contributed by atoms with van der Waals surface area (Å²) >= 11 is 0. The molecular weight excluding hydrogens is 322 g/mol. The maximum atomic E-state index is 11.7. The number of carbonyl (C=O) groups excluding carboxylic acids is 1. The third kappa shape index (κ3) is 4.86. The monoisotopic (exact) mass is 337 g/mol. The number of anilines is 1. The van der Waals surface area contributed by atoms with E-state index >= 15 is 0 Å². The van der Waals surface area contributed by atoms with Gasteiger partial charge in [0.25, 0.3) is 11.9 Å². The maximum Gasteiger partial charge on any atom is 0.263 e. The molecule has 1 amide bonds. The van der Waals surface area contributed by atoms with Crippen LogP contribution in [0.25, 0.3) is 0 Å². The Kier molecular flexibility index (Phi) is 4.95. The number of benzene rings is 2. The van der Waals surface area contributed by atoms with Crippen LogP contribution in [0.15, 0.2) is 59.7 Å². The van der Waals surface area contributed by atoms with Gasteiger partial charge < -0.3 is 10.5 Å². The van der Waals surface area contributed by atoms with Crippen molar-refractivity contribution in [1.29, 1.82) is 0 Å². The van der Waals surface area contributed by atoms with E-state index in [1.54, 1.807) is 0 Å². The Hall–Kier alpha value is -3.75. The van der Waals surface area contributed by atoms with Crippen LogP contribution in [0.2, 0.25) is 0 Å². The van der Waals surface area contributed by atoms with Crippen molar-refractivity contribution < 1.29 is 9.53 Å². The van der Waals surface area contributed by atoms with Crippen LogP contribution >= 0.6 is 0 Å². The summed E-state index contributed by atoms with van der Waals surface area (Å²) in [5, 5.41) is 14.7. The Bertz CT molecular complexity index is 877. The minimum Gasteiger partial charge on any atom is -0.457 e. The van der Waals surface area contributed by atoms with Gasteiger partial charge in [0.15, 0.2) is 0 Å². The zero-order valence-corrected chi connectivity index (χ0v) is 13.1.